The van der Waals surface area contributed by atoms with Gasteiger partial charge in [-0.15, -0.1) is 0 Å². The highest BCUT2D eigenvalue weighted by Crippen LogP contribution is 2.31. The summed E-state index contributed by atoms with van der Waals surface area (Å²) in [5.41, 5.74) is 1.52. The molecule has 3 atom stereocenters. The highest BCUT2D eigenvalue weighted by molar-refractivity contribution is 6.07. The van der Waals surface area contributed by atoms with E-state index in [1.54, 1.807) is 23.1 Å². The fourth-order valence-electron chi connectivity index (χ4n) is 4.50. The van der Waals surface area contributed by atoms with Gasteiger partial charge in [-0.2, -0.15) is 0 Å². The first-order valence-corrected chi connectivity index (χ1v) is 12.2. The number of nitrogens with one attached hydrogen (secondary N) is 2. The van der Waals surface area contributed by atoms with Crippen molar-refractivity contribution in [3.63, 3.8) is 0 Å². The average Bonchev–Trinajstić information content (AvgIpc) is 2.86. The van der Waals surface area contributed by atoms with Crippen molar-refractivity contribution in [1.29, 1.82) is 0 Å². The van der Waals surface area contributed by atoms with Gasteiger partial charge in [0.15, 0.2) is 0 Å². The second-order valence-electron chi connectivity index (χ2n) is 9.70. The Bertz CT molecular complexity index is 1240. The molecule has 3 amide bonds. The molecule has 0 unspecified atom stereocenters. The summed E-state index contributed by atoms with van der Waals surface area (Å²) >= 11 is 0. The Kier molecular flexibility index (Phi) is 7.76. The number of aliphatic hydroxyl groups is 1. The Labute approximate surface area is 211 Å². The van der Waals surface area contributed by atoms with Crippen LogP contribution in [0.2, 0.25) is 0 Å². The van der Waals surface area contributed by atoms with Crippen LogP contribution in [0, 0.1) is 5.92 Å². The number of rotatable bonds is 6. The molecule has 1 heterocycles. The van der Waals surface area contributed by atoms with Gasteiger partial charge in [-0.3, -0.25) is 4.79 Å². The Morgan fingerprint density at radius 1 is 1.14 bits per heavy atom. The van der Waals surface area contributed by atoms with E-state index < -0.39 is 6.03 Å². The number of aliphatic hydroxyl groups excluding tert-OH is 1. The second-order valence-corrected chi connectivity index (χ2v) is 9.70. The maximum Gasteiger partial charge on any atom is 0.323 e. The Hall–Kier alpha value is -3.62. The van der Waals surface area contributed by atoms with Crippen molar-refractivity contribution >= 4 is 34.1 Å². The van der Waals surface area contributed by atoms with E-state index in [-0.39, 0.29) is 30.6 Å². The number of likely N-dealkylation sites (N-methyl/N-ethyl adjacent to an activating group) is 1. The van der Waals surface area contributed by atoms with Crippen LogP contribution in [0.4, 0.5) is 16.2 Å². The van der Waals surface area contributed by atoms with Gasteiger partial charge >= 0.3 is 6.03 Å². The first kappa shape index (κ1) is 25.5. The number of carbonyl (C=O) groups excluding carboxylic acids is 2. The van der Waals surface area contributed by atoms with Crippen LogP contribution in [0.5, 0.6) is 5.75 Å². The van der Waals surface area contributed by atoms with E-state index in [4.69, 9.17) is 4.74 Å². The highest BCUT2D eigenvalue weighted by Gasteiger charge is 2.33. The molecule has 8 heteroatoms. The van der Waals surface area contributed by atoms with Gasteiger partial charge in [0.25, 0.3) is 5.91 Å². The first-order valence-electron chi connectivity index (χ1n) is 12.2. The summed E-state index contributed by atoms with van der Waals surface area (Å²) in [4.78, 5) is 30.1. The summed E-state index contributed by atoms with van der Waals surface area (Å²) in [5.74, 6) is 0.288. The zero-order chi connectivity index (χ0) is 25.8. The molecule has 0 radical (unpaired) electrons. The number of amides is 3. The lowest BCUT2D eigenvalue weighted by Crippen LogP contribution is -2.49. The summed E-state index contributed by atoms with van der Waals surface area (Å²) in [6.45, 7) is 4.88. The van der Waals surface area contributed by atoms with Gasteiger partial charge in [0.05, 0.1) is 23.9 Å². The number of urea groups is 1. The summed E-state index contributed by atoms with van der Waals surface area (Å²) in [6.07, 6.45) is -0.145. The van der Waals surface area contributed by atoms with Crippen LogP contribution in [0.1, 0.15) is 24.2 Å². The fraction of sp³-hybridized carbons (Fsp3) is 0.357. The van der Waals surface area contributed by atoms with Crippen molar-refractivity contribution in [1.82, 2.24) is 9.80 Å². The molecule has 0 bridgehead atoms. The number of hydrogen-bond acceptors (Lipinski definition) is 5. The molecule has 0 fully saturated rings. The molecular formula is C28H34N4O4. The normalized spacial score (nSPS) is 18.7. The molecule has 0 aromatic heterocycles. The molecule has 1 aliphatic rings. The number of anilines is 2. The van der Waals surface area contributed by atoms with Crippen LogP contribution in [0.15, 0.2) is 60.7 Å². The maximum atomic E-state index is 13.5. The minimum absolute atomic E-state index is 0.0581. The summed E-state index contributed by atoms with van der Waals surface area (Å²) in [7, 11) is 3.97. The Balaban J connectivity index is 1.61. The molecule has 0 aliphatic carbocycles. The number of ether oxygens (including phenoxy) is 1. The van der Waals surface area contributed by atoms with Crippen molar-refractivity contribution in [3.8, 4) is 5.75 Å². The van der Waals surface area contributed by atoms with E-state index in [2.05, 4.69) is 22.5 Å². The largest absolute Gasteiger partial charge is 0.488 e. The predicted molar refractivity (Wildman–Crippen MR) is 143 cm³/mol. The third-order valence-electron chi connectivity index (χ3n) is 6.51. The molecule has 4 rings (SSSR count). The quantitative estimate of drug-likeness (QED) is 0.480. The van der Waals surface area contributed by atoms with Gasteiger partial charge in [-0.1, -0.05) is 43.3 Å². The van der Waals surface area contributed by atoms with Crippen LogP contribution in [0.3, 0.4) is 0 Å². The second kappa shape index (κ2) is 11.0. The molecule has 8 nitrogen and oxygen atoms in total. The minimum atomic E-state index is -0.412. The van der Waals surface area contributed by atoms with Crippen molar-refractivity contribution in [3.05, 3.63) is 66.2 Å². The monoisotopic (exact) mass is 490 g/mol. The molecule has 190 valence electrons. The summed E-state index contributed by atoms with van der Waals surface area (Å²) in [6, 6.07) is 17.9. The molecule has 1 aliphatic heterocycles. The third kappa shape index (κ3) is 5.61. The number of hydrogen-bond donors (Lipinski definition) is 3. The van der Waals surface area contributed by atoms with Crippen molar-refractivity contribution in [2.45, 2.75) is 26.0 Å². The molecule has 36 heavy (non-hydrogen) atoms. The van der Waals surface area contributed by atoms with Crippen molar-refractivity contribution in [2.75, 3.05) is 44.4 Å². The van der Waals surface area contributed by atoms with Gasteiger partial charge in [0, 0.05) is 30.1 Å². The lowest BCUT2D eigenvalue weighted by molar-refractivity contribution is 0.0363. The maximum absolute atomic E-state index is 13.5. The van der Waals surface area contributed by atoms with Crippen LogP contribution in [-0.4, -0.2) is 72.8 Å². The van der Waals surface area contributed by atoms with Crippen LogP contribution < -0.4 is 15.4 Å². The first-order chi connectivity index (χ1) is 17.3. The van der Waals surface area contributed by atoms with Gasteiger partial charge in [0.1, 0.15) is 11.9 Å². The summed E-state index contributed by atoms with van der Waals surface area (Å²) < 4.78 is 6.32. The van der Waals surface area contributed by atoms with Gasteiger partial charge in [-0.05, 0) is 50.7 Å². The van der Waals surface area contributed by atoms with E-state index in [1.807, 2.05) is 63.5 Å². The third-order valence-corrected chi connectivity index (χ3v) is 6.51. The van der Waals surface area contributed by atoms with E-state index in [0.29, 0.717) is 35.8 Å². The van der Waals surface area contributed by atoms with Gasteiger partial charge in [-0.25, -0.2) is 4.79 Å². The predicted octanol–water partition coefficient (Wildman–Crippen LogP) is 4.27. The van der Waals surface area contributed by atoms with Crippen molar-refractivity contribution < 1.29 is 19.4 Å². The molecule has 0 saturated carbocycles. The fourth-order valence-corrected chi connectivity index (χ4v) is 4.50. The standard InChI is InChI=1S/C28H34N4O4/c1-18-15-32(19(2)17-33)27(34)23-14-21(12-13-25(23)36-26(18)16-31(3)4)29-28(35)30-24-11-7-9-20-8-5-6-10-22(20)24/h5-14,18-19,26,33H,15-17H2,1-4H3,(H2,29,30,35)/t18-,19-,26+/m1/s1. The average molecular weight is 491 g/mol. The zero-order valence-electron chi connectivity index (χ0n) is 21.2. The van der Waals surface area contributed by atoms with Gasteiger partial charge < -0.3 is 30.3 Å². The number of benzene rings is 3. The lowest BCUT2D eigenvalue weighted by atomic mass is 9.99. The Morgan fingerprint density at radius 2 is 1.89 bits per heavy atom. The van der Waals surface area contributed by atoms with E-state index >= 15 is 0 Å². The van der Waals surface area contributed by atoms with Gasteiger partial charge in [0.2, 0.25) is 0 Å². The van der Waals surface area contributed by atoms with Crippen LogP contribution in [0.25, 0.3) is 10.8 Å². The highest BCUT2D eigenvalue weighted by atomic mass is 16.5. The number of fused-ring (bicyclic) bond motifs is 2. The smallest absolute Gasteiger partial charge is 0.323 e. The molecular weight excluding hydrogens is 456 g/mol. The molecule has 3 aromatic rings. The topological polar surface area (TPSA) is 94.1 Å². The van der Waals surface area contributed by atoms with Crippen molar-refractivity contribution in [2.24, 2.45) is 5.92 Å². The molecule has 0 saturated heterocycles. The van der Waals surface area contributed by atoms with Crippen LogP contribution >= 0.6 is 0 Å². The number of carbonyl (C=O) groups is 2. The van der Waals surface area contributed by atoms with E-state index in [9.17, 15) is 14.7 Å². The van der Waals surface area contributed by atoms with E-state index in [0.717, 1.165) is 10.8 Å². The minimum Gasteiger partial charge on any atom is -0.488 e. The molecule has 3 aromatic carbocycles. The summed E-state index contributed by atoms with van der Waals surface area (Å²) in [5, 5.41) is 17.5. The zero-order valence-corrected chi connectivity index (χ0v) is 21.2. The number of nitrogens with zero attached hydrogens (tertiary/aromatic N) is 2. The van der Waals surface area contributed by atoms with E-state index in [1.165, 1.54) is 0 Å². The molecule has 0 spiro atoms. The lowest BCUT2D eigenvalue weighted by Gasteiger charge is -2.37. The Morgan fingerprint density at radius 3 is 2.64 bits per heavy atom. The van der Waals surface area contributed by atoms with Crippen LogP contribution in [-0.2, 0) is 0 Å². The molecule has 3 N–H and O–H groups in total. The SMILES string of the molecule is C[C@@H]1CN([C@H](C)CO)C(=O)c2cc(NC(=O)Nc3cccc4ccccc34)ccc2O[C@H]1CN(C)C.